The first-order chi connectivity index (χ1) is 19.3. The van der Waals surface area contributed by atoms with Crippen molar-refractivity contribution < 1.29 is 19.4 Å². The maximum absolute atomic E-state index is 13.9. The van der Waals surface area contributed by atoms with Crippen LogP contribution in [0.2, 0.25) is 5.02 Å². The van der Waals surface area contributed by atoms with E-state index in [1.165, 1.54) is 4.90 Å². The van der Waals surface area contributed by atoms with Gasteiger partial charge in [-0.05, 0) is 64.9 Å². The van der Waals surface area contributed by atoms with E-state index in [0.717, 1.165) is 20.4 Å². The minimum atomic E-state index is -0.856. The van der Waals surface area contributed by atoms with Crippen molar-refractivity contribution in [3.8, 4) is 17.0 Å². The number of H-pyrrole nitrogens is 1. The van der Waals surface area contributed by atoms with Gasteiger partial charge >= 0.3 is 6.03 Å². The molecule has 8 nitrogen and oxygen atoms in total. The normalized spacial score (nSPS) is 16.6. The molecule has 0 spiro atoms. The molecule has 0 radical (unpaired) electrons. The number of urea groups is 1. The monoisotopic (exact) mass is 670 g/mol. The number of halogens is 2. The van der Waals surface area contributed by atoms with E-state index >= 15 is 0 Å². The molecule has 5 rings (SSSR count). The predicted octanol–water partition coefficient (Wildman–Crippen LogP) is 6.15. The van der Waals surface area contributed by atoms with Crippen molar-refractivity contribution in [3.63, 3.8) is 0 Å². The fourth-order valence-corrected chi connectivity index (χ4v) is 5.95. The number of imide groups is 1. The zero-order valence-electron chi connectivity index (χ0n) is 21.9. The van der Waals surface area contributed by atoms with Crippen molar-refractivity contribution in [2.24, 2.45) is 0 Å². The molecule has 0 bridgehead atoms. The van der Waals surface area contributed by atoms with Crippen LogP contribution in [0.1, 0.15) is 47.6 Å². The van der Waals surface area contributed by atoms with E-state index in [9.17, 15) is 9.59 Å². The van der Waals surface area contributed by atoms with E-state index in [-0.39, 0.29) is 25.0 Å². The summed E-state index contributed by atoms with van der Waals surface area (Å²) in [5.74, 6) is 0.421. The topological polar surface area (TPSA) is 108 Å². The van der Waals surface area contributed by atoms with Gasteiger partial charge in [-0.3, -0.25) is 9.69 Å². The number of carbonyl (C=O) groups is 2. The molecule has 1 aliphatic heterocycles. The quantitative estimate of drug-likeness (QED) is 0.146. The van der Waals surface area contributed by atoms with Gasteiger partial charge in [0, 0.05) is 15.1 Å². The highest BCUT2D eigenvalue weighted by Gasteiger charge is 2.46. The first-order valence-electron chi connectivity index (χ1n) is 12.8. The number of aryl methyl sites for hydroxylation is 1. The molecule has 10 heteroatoms. The van der Waals surface area contributed by atoms with E-state index in [4.69, 9.17) is 26.4 Å². The summed E-state index contributed by atoms with van der Waals surface area (Å²) >= 11 is 8.79. The summed E-state index contributed by atoms with van der Waals surface area (Å²) in [5, 5.41) is 12.4. The van der Waals surface area contributed by atoms with Crippen LogP contribution >= 0.6 is 34.2 Å². The van der Waals surface area contributed by atoms with Gasteiger partial charge in [0.1, 0.15) is 30.3 Å². The van der Waals surface area contributed by atoms with Gasteiger partial charge in [-0.1, -0.05) is 67.1 Å². The number of aromatic amines is 1. The number of nitrogens with zero attached hydrogens (tertiary/aromatic N) is 2. The molecule has 1 fully saturated rings. The predicted molar refractivity (Wildman–Crippen MR) is 161 cm³/mol. The van der Waals surface area contributed by atoms with Crippen LogP contribution < -0.4 is 10.1 Å². The van der Waals surface area contributed by atoms with Crippen molar-refractivity contribution in [3.05, 3.63) is 104 Å². The Morgan fingerprint density at radius 3 is 2.50 bits per heavy atom. The zero-order chi connectivity index (χ0) is 28.4. The number of ether oxygens (including phenoxy) is 1. The second kappa shape index (κ2) is 12.0. The van der Waals surface area contributed by atoms with E-state index in [2.05, 4.69) is 32.9 Å². The van der Waals surface area contributed by atoms with E-state index in [1.54, 1.807) is 24.3 Å². The van der Waals surface area contributed by atoms with Crippen molar-refractivity contribution in [2.75, 3.05) is 13.2 Å². The van der Waals surface area contributed by atoms with Crippen molar-refractivity contribution in [2.45, 2.75) is 31.8 Å². The van der Waals surface area contributed by atoms with Crippen molar-refractivity contribution in [1.29, 1.82) is 0 Å². The fourth-order valence-electron chi connectivity index (χ4n) is 5.00. The van der Waals surface area contributed by atoms with Crippen LogP contribution in [-0.2, 0) is 4.79 Å². The number of aliphatic hydroxyl groups is 1. The van der Waals surface area contributed by atoms with Gasteiger partial charge in [0.15, 0.2) is 0 Å². The number of imidazole rings is 1. The van der Waals surface area contributed by atoms with E-state index in [1.807, 2.05) is 62.4 Å². The van der Waals surface area contributed by atoms with Crippen LogP contribution in [0, 0.1) is 10.5 Å². The molecule has 206 valence electrons. The first-order valence-corrected chi connectivity index (χ1v) is 14.3. The molecule has 1 saturated heterocycles. The lowest BCUT2D eigenvalue weighted by molar-refractivity contribution is -0.129. The lowest BCUT2D eigenvalue weighted by Crippen LogP contribution is -2.38. The van der Waals surface area contributed by atoms with Gasteiger partial charge in [0.2, 0.25) is 0 Å². The molecule has 3 amide bonds. The summed E-state index contributed by atoms with van der Waals surface area (Å²) in [7, 11) is 0. The molecule has 4 aromatic rings. The molecule has 3 atom stereocenters. The smallest absolute Gasteiger partial charge is 0.325 e. The van der Waals surface area contributed by atoms with Crippen LogP contribution in [0.15, 0.2) is 72.8 Å². The second-order valence-electron chi connectivity index (χ2n) is 9.58. The Morgan fingerprint density at radius 1 is 1.10 bits per heavy atom. The van der Waals surface area contributed by atoms with Gasteiger partial charge in [-0.2, -0.15) is 0 Å². The molecular formula is C30H28ClIN4O4. The molecule has 0 aliphatic carbocycles. The Labute approximate surface area is 250 Å². The Kier molecular flexibility index (Phi) is 8.43. The lowest BCUT2D eigenvalue weighted by atomic mass is 9.91. The SMILES string of the molecule is Cc1nc([C@H]([C@@H](C)c2ccccc2)N2C(=O)NC(c3ccc(OCCO)cc3)C2=O)[nH]c1-c1ccc(I)cc1Cl. The van der Waals surface area contributed by atoms with Gasteiger partial charge in [-0.25, -0.2) is 9.78 Å². The third kappa shape index (κ3) is 5.59. The van der Waals surface area contributed by atoms with Crippen molar-refractivity contribution in [1.82, 2.24) is 20.2 Å². The fraction of sp³-hybridized carbons (Fsp3) is 0.233. The molecule has 3 N–H and O–H groups in total. The van der Waals surface area contributed by atoms with Gasteiger partial charge < -0.3 is 20.1 Å². The van der Waals surface area contributed by atoms with Gasteiger partial charge in [0.25, 0.3) is 5.91 Å². The molecule has 1 unspecified atom stereocenters. The highest BCUT2D eigenvalue weighted by atomic mass is 127. The molecule has 3 aromatic carbocycles. The van der Waals surface area contributed by atoms with Crippen LogP contribution in [0.5, 0.6) is 5.75 Å². The number of hydrogen-bond donors (Lipinski definition) is 3. The number of nitrogens with one attached hydrogen (secondary N) is 2. The third-order valence-corrected chi connectivity index (χ3v) is 7.99. The maximum Gasteiger partial charge on any atom is 0.325 e. The molecule has 2 heterocycles. The van der Waals surface area contributed by atoms with Gasteiger partial charge in [-0.15, -0.1) is 0 Å². The standard InChI is InChI=1S/C30H28ClIN4O4/c1-17(19-6-4-3-5-7-19)27(28-33-18(2)25(34-28)23-13-10-21(32)16-24(23)31)36-29(38)26(35-30(36)39)20-8-11-22(12-9-20)40-15-14-37/h3-13,16-17,26-27,37H,14-15H2,1-2H3,(H,33,34)(H,35,39)/t17-,26?,27-/m0/s1. The summed E-state index contributed by atoms with van der Waals surface area (Å²) in [4.78, 5) is 36.8. The number of amides is 3. The molecule has 0 saturated carbocycles. The number of benzene rings is 3. The maximum atomic E-state index is 13.9. The summed E-state index contributed by atoms with van der Waals surface area (Å²) in [6.45, 7) is 3.93. The minimum absolute atomic E-state index is 0.0986. The largest absolute Gasteiger partial charge is 0.491 e. The Hall–Kier alpha value is -3.41. The zero-order valence-corrected chi connectivity index (χ0v) is 24.8. The highest BCUT2D eigenvalue weighted by molar-refractivity contribution is 14.1. The first kappa shape index (κ1) is 28.1. The van der Waals surface area contributed by atoms with Crippen LogP contribution in [-0.4, -0.2) is 45.1 Å². The molecule has 1 aromatic heterocycles. The number of aliphatic hydroxyl groups excluding tert-OH is 1. The third-order valence-electron chi connectivity index (χ3n) is 7.01. The molecule has 1 aliphatic rings. The van der Waals surface area contributed by atoms with Crippen LogP contribution in [0.3, 0.4) is 0 Å². The highest BCUT2D eigenvalue weighted by Crippen LogP contribution is 2.40. The molecule has 40 heavy (non-hydrogen) atoms. The lowest BCUT2D eigenvalue weighted by Gasteiger charge is -2.29. The van der Waals surface area contributed by atoms with Gasteiger partial charge in [0.05, 0.1) is 23.0 Å². The average molecular weight is 671 g/mol. The minimum Gasteiger partial charge on any atom is -0.491 e. The van der Waals surface area contributed by atoms with Crippen LogP contribution in [0.4, 0.5) is 4.79 Å². The van der Waals surface area contributed by atoms with Crippen molar-refractivity contribution >= 4 is 46.1 Å². The number of rotatable bonds is 9. The van der Waals surface area contributed by atoms with E-state index < -0.39 is 18.1 Å². The summed E-state index contributed by atoms with van der Waals surface area (Å²) in [6, 6.07) is 20.4. The number of carbonyl (C=O) groups excluding carboxylic acids is 2. The summed E-state index contributed by atoms with van der Waals surface area (Å²) in [6.07, 6.45) is 0. The Morgan fingerprint density at radius 2 is 1.82 bits per heavy atom. The number of hydrogen-bond acceptors (Lipinski definition) is 5. The average Bonchev–Trinajstić information content (AvgIpc) is 3.47. The Bertz CT molecular complexity index is 1530. The summed E-state index contributed by atoms with van der Waals surface area (Å²) < 4.78 is 6.44. The Balaban J connectivity index is 1.53. The van der Waals surface area contributed by atoms with Crippen LogP contribution in [0.25, 0.3) is 11.3 Å². The number of aromatic nitrogens is 2. The summed E-state index contributed by atoms with van der Waals surface area (Å²) in [5.41, 5.74) is 3.84. The van der Waals surface area contributed by atoms with E-state index in [0.29, 0.717) is 27.9 Å². The second-order valence-corrected chi connectivity index (χ2v) is 11.2. The molecular weight excluding hydrogens is 643 g/mol.